The summed E-state index contributed by atoms with van der Waals surface area (Å²) in [5, 5.41) is 3.70. The van der Waals surface area contributed by atoms with Gasteiger partial charge in [0.1, 0.15) is 4.88 Å². The summed E-state index contributed by atoms with van der Waals surface area (Å²) in [6.45, 7) is 1.74. The normalized spacial score (nSPS) is 9.09. The predicted molar refractivity (Wildman–Crippen MR) is 42.4 cm³/mol. The standard InChI is InChI=1S/C7H6N2OS/c1-3-4-6(10)7-5(2)8-9-11-7/h1H,4H2,2H3. The number of aromatic nitrogens is 2. The van der Waals surface area contributed by atoms with Crippen molar-refractivity contribution in [1.29, 1.82) is 0 Å². The summed E-state index contributed by atoms with van der Waals surface area (Å²) < 4.78 is 3.63. The van der Waals surface area contributed by atoms with E-state index in [0.717, 1.165) is 11.5 Å². The smallest absolute Gasteiger partial charge is 0.188 e. The molecule has 0 unspecified atom stereocenters. The second-order valence-corrected chi connectivity index (χ2v) is 2.75. The lowest BCUT2D eigenvalue weighted by Gasteiger charge is -1.88. The first-order valence-corrected chi connectivity index (χ1v) is 3.78. The topological polar surface area (TPSA) is 42.9 Å². The molecule has 0 bridgehead atoms. The molecule has 0 atom stereocenters. The van der Waals surface area contributed by atoms with E-state index in [0.29, 0.717) is 10.6 Å². The predicted octanol–water partition coefficient (Wildman–Crippen LogP) is 1.05. The van der Waals surface area contributed by atoms with Gasteiger partial charge in [0.25, 0.3) is 0 Å². The van der Waals surface area contributed by atoms with Crippen LogP contribution in [0.5, 0.6) is 0 Å². The van der Waals surface area contributed by atoms with Crippen LogP contribution in [0.4, 0.5) is 0 Å². The Labute approximate surface area is 68.6 Å². The Balaban J connectivity index is 2.86. The van der Waals surface area contributed by atoms with E-state index >= 15 is 0 Å². The zero-order valence-electron chi connectivity index (χ0n) is 6.00. The maximum atomic E-state index is 11.1. The van der Waals surface area contributed by atoms with Gasteiger partial charge in [-0.3, -0.25) is 4.79 Å². The molecule has 4 heteroatoms. The summed E-state index contributed by atoms with van der Waals surface area (Å²) >= 11 is 1.09. The fourth-order valence-corrected chi connectivity index (χ4v) is 1.25. The van der Waals surface area contributed by atoms with Crippen molar-refractivity contribution in [2.24, 2.45) is 0 Å². The van der Waals surface area contributed by atoms with Crippen LogP contribution in [0.2, 0.25) is 0 Å². The largest absolute Gasteiger partial charge is 0.292 e. The number of carbonyl (C=O) groups excluding carboxylic acids is 1. The molecule has 0 aliphatic heterocycles. The molecule has 56 valence electrons. The highest BCUT2D eigenvalue weighted by Gasteiger charge is 2.10. The molecule has 0 aliphatic carbocycles. The Kier molecular flexibility index (Phi) is 2.34. The minimum absolute atomic E-state index is 0.0694. The van der Waals surface area contributed by atoms with Gasteiger partial charge in [0.2, 0.25) is 0 Å². The highest BCUT2D eigenvalue weighted by atomic mass is 32.1. The van der Waals surface area contributed by atoms with Crippen molar-refractivity contribution in [3.63, 3.8) is 0 Å². The summed E-state index contributed by atoms with van der Waals surface area (Å²) in [4.78, 5) is 11.7. The minimum atomic E-state index is -0.0694. The number of ketones is 1. The Morgan fingerprint density at radius 3 is 3.00 bits per heavy atom. The molecule has 1 aromatic rings. The number of terminal acetylenes is 1. The van der Waals surface area contributed by atoms with E-state index in [2.05, 4.69) is 15.5 Å². The number of hydrogen-bond donors (Lipinski definition) is 0. The molecule has 0 saturated heterocycles. The second-order valence-electron chi connectivity index (χ2n) is 1.99. The van der Waals surface area contributed by atoms with Crippen LogP contribution in [0.25, 0.3) is 0 Å². The lowest BCUT2D eigenvalue weighted by atomic mass is 10.2. The van der Waals surface area contributed by atoms with Crippen LogP contribution in [0, 0.1) is 19.3 Å². The number of rotatable bonds is 2. The van der Waals surface area contributed by atoms with E-state index in [-0.39, 0.29) is 12.2 Å². The quantitative estimate of drug-likeness (QED) is 0.487. The average Bonchev–Trinajstić information content (AvgIpc) is 2.36. The summed E-state index contributed by atoms with van der Waals surface area (Å²) in [7, 11) is 0. The molecule has 1 aromatic heterocycles. The van der Waals surface area contributed by atoms with Crippen molar-refractivity contribution in [3.8, 4) is 12.3 Å². The summed E-state index contributed by atoms with van der Waals surface area (Å²) in [5.41, 5.74) is 0.662. The highest BCUT2D eigenvalue weighted by Crippen LogP contribution is 2.10. The molecule has 0 fully saturated rings. The van der Waals surface area contributed by atoms with Gasteiger partial charge in [-0.1, -0.05) is 10.4 Å². The Bertz CT molecular complexity index is 310. The minimum Gasteiger partial charge on any atom is -0.292 e. The molecule has 0 aliphatic rings. The number of aryl methyl sites for hydroxylation is 1. The van der Waals surface area contributed by atoms with Crippen LogP contribution in [0.3, 0.4) is 0 Å². The van der Waals surface area contributed by atoms with E-state index in [1.54, 1.807) is 6.92 Å². The van der Waals surface area contributed by atoms with E-state index < -0.39 is 0 Å². The fraction of sp³-hybridized carbons (Fsp3) is 0.286. The average molecular weight is 166 g/mol. The van der Waals surface area contributed by atoms with Crippen molar-refractivity contribution in [3.05, 3.63) is 10.6 Å². The lowest BCUT2D eigenvalue weighted by molar-refractivity contribution is 0.100. The summed E-state index contributed by atoms with van der Waals surface area (Å²) in [6.07, 6.45) is 5.11. The Morgan fingerprint density at radius 1 is 1.82 bits per heavy atom. The van der Waals surface area contributed by atoms with E-state index in [1.807, 2.05) is 0 Å². The molecule has 1 heterocycles. The molecule has 0 N–H and O–H groups in total. The molecule has 0 aromatic carbocycles. The van der Waals surface area contributed by atoms with E-state index in [4.69, 9.17) is 6.42 Å². The van der Waals surface area contributed by atoms with Gasteiger partial charge < -0.3 is 0 Å². The number of hydrogen-bond acceptors (Lipinski definition) is 4. The van der Waals surface area contributed by atoms with Gasteiger partial charge in [-0.15, -0.1) is 11.5 Å². The summed E-state index contributed by atoms with van der Waals surface area (Å²) in [6, 6.07) is 0. The summed E-state index contributed by atoms with van der Waals surface area (Å²) in [5.74, 6) is 2.22. The number of nitrogens with zero attached hydrogens (tertiary/aromatic N) is 2. The van der Waals surface area contributed by atoms with Gasteiger partial charge in [0, 0.05) is 0 Å². The molecule has 0 saturated carbocycles. The SMILES string of the molecule is C#CCC(=O)c1snnc1C. The molecular weight excluding hydrogens is 160 g/mol. The first kappa shape index (κ1) is 7.89. The van der Waals surface area contributed by atoms with E-state index in [1.165, 1.54) is 0 Å². The van der Waals surface area contributed by atoms with Crippen molar-refractivity contribution in [2.45, 2.75) is 13.3 Å². The third-order valence-electron chi connectivity index (χ3n) is 1.17. The Hall–Kier alpha value is -1.21. The van der Waals surface area contributed by atoms with Gasteiger partial charge in [0.05, 0.1) is 12.1 Å². The van der Waals surface area contributed by atoms with E-state index in [9.17, 15) is 4.79 Å². The first-order chi connectivity index (χ1) is 5.25. The molecular formula is C7H6N2OS. The van der Waals surface area contributed by atoms with Crippen molar-refractivity contribution >= 4 is 17.3 Å². The molecule has 3 nitrogen and oxygen atoms in total. The zero-order valence-corrected chi connectivity index (χ0v) is 6.81. The maximum Gasteiger partial charge on any atom is 0.188 e. The third-order valence-corrected chi connectivity index (χ3v) is 2.04. The molecule has 11 heavy (non-hydrogen) atoms. The number of carbonyl (C=O) groups is 1. The van der Waals surface area contributed by atoms with Crippen molar-refractivity contribution < 1.29 is 4.79 Å². The van der Waals surface area contributed by atoms with Crippen LogP contribution in [0.15, 0.2) is 0 Å². The van der Waals surface area contributed by atoms with Crippen LogP contribution in [0.1, 0.15) is 21.8 Å². The lowest BCUT2D eigenvalue weighted by Crippen LogP contribution is -1.95. The fourth-order valence-electron chi connectivity index (χ4n) is 0.660. The van der Waals surface area contributed by atoms with Crippen LogP contribution in [-0.4, -0.2) is 15.4 Å². The molecule has 0 spiro atoms. The van der Waals surface area contributed by atoms with Crippen molar-refractivity contribution in [2.75, 3.05) is 0 Å². The van der Waals surface area contributed by atoms with Crippen molar-refractivity contribution in [1.82, 2.24) is 9.59 Å². The van der Waals surface area contributed by atoms with Crippen LogP contribution < -0.4 is 0 Å². The zero-order chi connectivity index (χ0) is 8.27. The van der Waals surface area contributed by atoms with Gasteiger partial charge in [-0.05, 0) is 18.5 Å². The first-order valence-electron chi connectivity index (χ1n) is 3.01. The Morgan fingerprint density at radius 2 is 2.55 bits per heavy atom. The highest BCUT2D eigenvalue weighted by molar-refractivity contribution is 7.08. The van der Waals surface area contributed by atoms with Gasteiger partial charge >= 0.3 is 0 Å². The number of Topliss-reactive ketones (excluding diaryl/α,β-unsaturated/α-hetero) is 1. The molecule has 0 radical (unpaired) electrons. The van der Waals surface area contributed by atoms with Gasteiger partial charge in [-0.25, -0.2) is 0 Å². The van der Waals surface area contributed by atoms with Gasteiger partial charge in [0.15, 0.2) is 5.78 Å². The molecule has 0 amide bonds. The van der Waals surface area contributed by atoms with Crippen LogP contribution in [-0.2, 0) is 0 Å². The van der Waals surface area contributed by atoms with Crippen LogP contribution >= 0.6 is 11.5 Å². The third kappa shape index (κ3) is 1.63. The molecule has 1 rings (SSSR count). The second kappa shape index (κ2) is 3.26. The monoisotopic (exact) mass is 166 g/mol. The maximum absolute atomic E-state index is 11.1. The van der Waals surface area contributed by atoms with Gasteiger partial charge in [-0.2, -0.15) is 0 Å².